The molecule has 0 N–H and O–H groups in total. The SMILES string of the molecule is CCOc1cc(/C=C\c2onc(C)c2[N+](=O)[O-])ccc1OCc1ccc2ccccc2c1. The van der Waals surface area contributed by atoms with Crippen molar-refractivity contribution in [3.8, 4) is 11.5 Å². The van der Waals surface area contributed by atoms with Crippen LogP contribution >= 0.6 is 0 Å². The first-order valence-corrected chi connectivity index (χ1v) is 10.2. The van der Waals surface area contributed by atoms with E-state index in [9.17, 15) is 10.1 Å². The van der Waals surface area contributed by atoms with Crippen molar-refractivity contribution in [3.63, 3.8) is 0 Å². The van der Waals surface area contributed by atoms with E-state index in [2.05, 4.69) is 29.4 Å². The van der Waals surface area contributed by atoms with Crippen LogP contribution in [0, 0.1) is 17.0 Å². The molecule has 0 amide bonds. The standard InChI is InChI=1S/C25H22N2O5/c1-3-30-24-15-18(10-13-23-25(27(28)29)17(2)26-32-23)9-12-22(24)31-16-19-8-11-20-6-4-5-7-21(20)14-19/h4-15H,3,16H2,1-2H3/b13-10-. The van der Waals surface area contributed by atoms with Gasteiger partial charge in [-0.2, -0.15) is 0 Å². The Morgan fingerprint density at radius 2 is 1.81 bits per heavy atom. The van der Waals surface area contributed by atoms with Crippen molar-refractivity contribution in [2.75, 3.05) is 6.61 Å². The predicted molar refractivity (Wildman–Crippen MR) is 123 cm³/mol. The number of aromatic nitrogens is 1. The average Bonchev–Trinajstić information content (AvgIpc) is 3.17. The molecule has 162 valence electrons. The van der Waals surface area contributed by atoms with Gasteiger partial charge in [-0.3, -0.25) is 10.1 Å². The third-order valence-corrected chi connectivity index (χ3v) is 4.94. The maximum Gasteiger partial charge on any atom is 0.338 e. The minimum Gasteiger partial charge on any atom is -0.490 e. The highest BCUT2D eigenvalue weighted by atomic mass is 16.6. The Hall–Kier alpha value is -4.13. The van der Waals surface area contributed by atoms with Gasteiger partial charge in [-0.05, 0) is 60.0 Å². The van der Waals surface area contributed by atoms with Gasteiger partial charge < -0.3 is 14.0 Å². The molecule has 0 unspecified atom stereocenters. The Balaban J connectivity index is 1.53. The molecule has 32 heavy (non-hydrogen) atoms. The van der Waals surface area contributed by atoms with Crippen molar-refractivity contribution in [1.29, 1.82) is 0 Å². The molecule has 3 aromatic carbocycles. The van der Waals surface area contributed by atoms with Crippen LogP contribution < -0.4 is 9.47 Å². The van der Waals surface area contributed by atoms with Gasteiger partial charge in [0.2, 0.25) is 5.76 Å². The molecular weight excluding hydrogens is 408 g/mol. The van der Waals surface area contributed by atoms with Crippen molar-refractivity contribution in [1.82, 2.24) is 5.16 Å². The van der Waals surface area contributed by atoms with Gasteiger partial charge in [0.05, 0.1) is 11.5 Å². The van der Waals surface area contributed by atoms with Crippen molar-refractivity contribution in [3.05, 3.63) is 93.4 Å². The summed E-state index contributed by atoms with van der Waals surface area (Å²) in [7, 11) is 0. The molecule has 0 aliphatic rings. The average molecular weight is 430 g/mol. The Bertz CT molecular complexity index is 1290. The van der Waals surface area contributed by atoms with E-state index in [-0.39, 0.29) is 17.1 Å². The normalized spacial score (nSPS) is 11.2. The first kappa shape index (κ1) is 21.1. The highest BCUT2D eigenvalue weighted by Crippen LogP contribution is 2.31. The number of hydrogen-bond acceptors (Lipinski definition) is 6. The fraction of sp³-hybridized carbons (Fsp3) is 0.160. The van der Waals surface area contributed by atoms with Crippen LogP contribution in [0.2, 0.25) is 0 Å². The van der Waals surface area contributed by atoms with Crippen LogP contribution in [-0.2, 0) is 6.61 Å². The van der Waals surface area contributed by atoms with Gasteiger partial charge in [-0.25, -0.2) is 0 Å². The minimum atomic E-state index is -0.499. The lowest BCUT2D eigenvalue weighted by Gasteiger charge is -2.13. The molecule has 0 aliphatic carbocycles. The number of hydrogen-bond donors (Lipinski definition) is 0. The molecule has 0 bridgehead atoms. The van der Waals surface area contributed by atoms with Crippen molar-refractivity contribution < 1.29 is 18.9 Å². The van der Waals surface area contributed by atoms with E-state index >= 15 is 0 Å². The summed E-state index contributed by atoms with van der Waals surface area (Å²) in [5.41, 5.74) is 1.95. The van der Waals surface area contributed by atoms with Crippen LogP contribution in [0.5, 0.6) is 11.5 Å². The van der Waals surface area contributed by atoms with Gasteiger partial charge >= 0.3 is 5.69 Å². The minimum absolute atomic E-state index is 0.0992. The Morgan fingerprint density at radius 3 is 2.59 bits per heavy atom. The van der Waals surface area contributed by atoms with Crippen molar-refractivity contribution in [2.24, 2.45) is 0 Å². The topological polar surface area (TPSA) is 87.6 Å². The molecule has 7 heteroatoms. The highest BCUT2D eigenvalue weighted by Gasteiger charge is 2.21. The molecule has 1 aromatic heterocycles. The summed E-state index contributed by atoms with van der Waals surface area (Å²) in [6.07, 6.45) is 3.24. The zero-order chi connectivity index (χ0) is 22.5. The largest absolute Gasteiger partial charge is 0.490 e. The molecule has 0 spiro atoms. The molecule has 7 nitrogen and oxygen atoms in total. The fourth-order valence-electron chi connectivity index (χ4n) is 3.39. The van der Waals surface area contributed by atoms with Gasteiger partial charge in [0.15, 0.2) is 17.2 Å². The monoisotopic (exact) mass is 430 g/mol. The maximum absolute atomic E-state index is 11.2. The number of benzene rings is 3. The van der Waals surface area contributed by atoms with Crippen molar-refractivity contribution in [2.45, 2.75) is 20.5 Å². The van der Waals surface area contributed by atoms with Crippen LogP contribution in [0.15, 0.2) is 65.2 Å². The summed E-state index contributed by atoms with van der Waals surface area (Å²) in [5.74, 6) is 1.32. The number of nitrogens with zero attached hydrogens (tertiary/aromatic N) is 2. The molecule has 0 aliphatic heterocycles. The molecule has 1 heterocycles. The Morgan fingerprint density at radius 1 is 1.00 bits per heavy atom. The molecule has 0 atom stereocenters. The lowest BCUT2D eigenvalue weighted by molar-refractivity contribution is -0.386. The van der Waals surface area contributed by atoms with E-state index in [1.807, 2.05) is 43.3 Å². The third kappa shape index (κ3) is 4.62. The number of fused-ring (bicyclic) bond motifs is 1. The summed E-state index contributed by atoms with van der Waals surface area (Å²) in [6, 6.07) is 19.9. The zero-order valence-corrected chi connectivity index (χ0v) is 17.8. The lowest BCUT2D eigenvalue weighted by atomic mass is 10.1. The summed E-state index contributed by atoms with van der Waals surface area (Å²) in [5, 5.41) is 17.2. The van der Waals surface area contributed by atoms with E-state index in [0.717, 1.165) is 16.5 Å². The smallest absolute Gasteiger partial charge is 0.338 e. The van der Waals surface area contributed by atoms with Crippen LogP contribution in [0.25, 0.3) is 22.9 Å². The highest BCUT2D eigenvalue weighted by molar-refractivity contribution is 5.83. The molecule has 4 rings (SSSR count). The van der Waals surface area contributed by atoms with Gasteiger partial charge in [0.25, 0.3) is 0 Å². The molecule has 0 saturated heterocycles. The van der Waals surface area contributed by atoms with E-state index in [0.29, 0.717) is 24.7 Å². The second-order valence-corrected chi connectivity index (χ2v) is 7.18. The number of rotatable bonds is 8. The summed E-state index contributed by atoms with van der Waals surface area (Å²) in [4.78, 5) is 10.7. The van der Waals surface area contributed by atoms with Gasteiger partial charge in [0, 0.05) is 0 Å². The van der Waals surface area contributed by atoms with Crippen LogP contribution in [-0.4, -0.2) is 16.7 Å². The van der Waals surface area contributed by atoms with E-state index in [1.165, 1.54) is 18.4 Å². The van der Waals surface area contributed by atoms with E-state index in [4.69, 9.17) is 14.0 Å². The van der Waals surface area contributed by atoms with E-state index in [1.54, 1.807) is 6.08 Å². The first-order valence-electron chi connectivity index (χ1n) is 10.2. The van der Waals surface area contributed by atoms with Crippen LogP contribution in [0.1, 0.15) is 29.5 Å². The second kappa shape index (κ2) is 9.34. The molecular formula is C25H22N2O5. The Labute approximate surface area is 185 Å². The van der Waals surface area contributed by atoms with Gasteiger partial charge in [-0.1, -0.05) is 53.7 Å². The van der Waals surface area contributed by atoms with Crippen LogP contribution in [0.3, 0.4) is 0 Å². The van der Waals surface area contributed by atoms with E-state index < -0.39 is 4.92 Å². The maximum atomic E-state index is 11.2. The van der Waals surface area contributed by atoms with Crippen molar-refractivity contribution >= 4 is 28.6 Å². The molecule has 4 aromatic rings. The Kier molecular flexibility index (Phi) is 6.17. The lowest BCUT2D eigenvalue weighted by Crippen LogP contribution is -2.00. The molecule has 0 fully saturated rings. The first-order chi connectivity index (χ1) is 15.5. The summed E-state index contributed by atoms with van der Waals surface area (Å²) >= 11 is 0. The van der Waals surface area contributed by atoms with Gasteiger partial charge in [0.1, 0.15) is 6.61 Å². The summed E-state index contributed by atoms with van der Waals surface area (Å²) < 4.78 is 16.8. The molecule has 0 radical (unpaired) electrons. The summed E-state index contributed by atoms with van der Waals surface area (Å²) in [6.45, 7) is 4.32. The zero-order valence-electron chi connectivity index (χ0n) is 17.8. The number of ether oxygens (including phenoxy) is 2. The second-order valence-electron chi connectivity index (χ2n) is 7.18. The molecule has 0 saturated carbocycles. The third-order valence-electron chi connectivity index (χ3n) is 4.94. The number of nitro groups is 1. The van der Waals surface area contributed by atoms with Gasteiger partial charge in [-0.15, -0.1) is 0 Å². The number of aryl methyl sites for hydroxylation is 1. The predicted octanol–water partition coefficient (Wildman–Crippen LogP) is 6.19. The quantitative estimate of drug-likeness (QED) is 0.245. The van der Waals surface area contributed by atoms with Crippen LogP contribution in [0.4, 0.5) is 5.69 Å². The fourth-order valence-corrected chi connectivity index (χ4v) is 3.39.